The second-order valence-electron chi connectivity index (χ2n) is 6.18. The number of rotatable bonds is 3. The average Bonchev–Trinajstić information content (AvgIpc) is 2.95. The highest BCUT2D eigenvalue weighted by atomic mass is 16.3. The summed E-state index contributed by atoms with van der Waals surface area (Å²) in [7, 11) is 0. The van der Waals surface area contributed by atoms with Crippen LogP contribution in [-0.2, 0) is 0 Å². The van der Waals surface area contributed by atoms with Crippen LogP contribution in [0.15, 0.2) is 18.3 Å². The fraction of sp³-hybridized carbons (Fsp3) is 0.529. The largest absolute Gasteiger partial charge is 0.389 e. The van der Waals surface area contributed by atoms with Crippen LogP contribution < -0.4 is 5.32 Å². The van der Waals surface area contributed by atoms with Gasteiger partial charge in [0.15, 0.2) is 0 Å². The van der Waals surface area contributed by atoms with Crippen molar-refractivity contribution in [1.29, 1.82) is 0 Å². The maximum Gasteiger partial charge on any atom is 0.269 e. The predicted octanol–water partition coefficient (Wildman–Crippen LogP) is 2.12. The quantitative estimate of drug-likeness (QED) is 0.837. The number of hydrogen-bond acceptors (Lipinski definition) is 3. The van der Waals surface area contributed by atoms with Crippen LogP contribution in [0.4, 0.5) is 0 Å². The maximum atomic E-state index is 11.8. The molecule has 1 aliphatic carbocycles. The molecule has 1 saturated carbocycles. The minimum absolute atomic E-state index is 0.191. The number of amides is 1. The Morgan fingerprint density at radius 2 is 2.14 bits per heavy atom. The summed E-state index contributed by atoms with van der Waals surface area (Å²) in [5.41, 5.74) is 0.245. The summed E-state index contributed by atoms with van der Waals surface area (Å²) in [5.74, 6) is 6.62. The van der Waals surface area contributed by atoms with E-state index in [1.54, 1.807) is 26.1 Å². The van der Waals surface area contributed by atoms with Crippen LogP contribution in [0.25, 0.3) is 0 Å². The third-order valence-corrected chi connectivity index (χ3v) is 3.45. The first-order chi connectivity index (χ1) is 9.94. The minimum Gasteiger partial charge on any atom is -0.389 e. The molecule has 0 saturated heterocycles. The average molecular weight is 286 g/mol. The fourth-order valence-electron chi connectivity index (χ4n) is 2.24. The second-order valence-corrected chi connectivity index (χ2v) is 6.18. The van der Waals surface area contributed by atoms with Crippen LogP contribution >= 0.6 is 0 Å². The van der Waals surface area contributed by atoms with Crippen molar-refractivity contribution in [1.82, 2.24) is 10.3 Å². The maximum absolute atomic E-state index is 11.8. The Hall–Kier alpha value is -1.86. The molecule has 1 fully saturated rings. The zero-order chi connectivity index (χ0) is 15.3. The van der Waals surface area contributed by atoms with Crippen molar-refractivity contribution in [3.8, 4) is 11.8 Å². The molecule has 0 radical (unpaired) electrons. The Bertz CT molecular complexity index is 541. The van der Waals surface area contributed by atoms with E-state index in [4.69, 9.17) is 0 Å². The van der Waals surface area contributed by atoms with Crippen molar-refractivity contribution < 1.29 is 9.90 Å². The lowest BCUT2D eigenvalue weighted by Crippen LogP contribution is -2.38. The molecule has 1 aliphatic rings. The van der Waals surface area contributed by atoms with Gasteiger partial charge in [0.25, 0.3) is 5.91 Å². The Morgan fingerprint density at radius 1 is 1.43 bits per heavy atom. The number of nitrogens with one attached hydrogen (secondary N) is 1. The van der Waals surface area contributed by atoms with Crippen molar-refractivity contribution in [2.24, 2.45) is 5.92 Å². The third-order valence-electron chi connectivity index (χ3n) is 3.45. The first-order valence-electron chi connectivity index (χ1n) is 7.42. The zero-order valence-electron chi connectivity index (χ0n) is 12.6. The van der Waals surface area contributed by atoms with Crippen molar-refractivity contribution in [3.05, 3.63) is 29.6 Å². The minimum atomic E-state index is -0.928. The van der Waals surface area contributed by atoms with Gasteiger partial charge in [0.05, 0.1) is 5.60 Å². The molecule has 112 valence electrons. The van der Waals surface area contributed by atoms with Crippen LogP contribution in [-0.4, -0.2) is 28.1 Å². The van der Waals surface area contributed by atoms with Crippen molar-refractivity contribution in [2.45, 2.75) is 45.1 Å². The number of aliphatic hydroxyl groups is 1. The summed E-state index contributed by atoms with van der Waals surface area (Å²) < 4.78 is 0. The van der Waals surface area contributed by atoms with Gasteiger partial charge in [-0.15, -0.1) is 0 Å². The van der Waals surface area contributed by atoms with Crippen molar-refractivity contribution in [2.75, 3.05) is 6.54 Å². The van der Waals surface area contributed by atoms with Crippen LogP contribution in [0, 0.1) is 17.8 Å². The van der Waals surface area contributed by atoms with Crippen molar-refractivity contribution in [3.63, 3.8) is 0 Å². The number of carbonyl (C=O) groups excluding carboxylic acids is 1. The Morgan fingerprint density at radius 3 is 2.71 bits per heavy atom. The van der Waals surface area contributed by atoms with Gasteiger partial charge in [-0.05, 0) is 38.8 Å². The standard InChI is InChI=1S/C17H22N2O2/c1-17(2,21)12-19-16(20)15-10-9-14(11-18-15)8-7-13-5-3-4-6-13/h9-11,13,21H,3-6,12H2,1-2H3,(H,19,20). The highest BCUT2D eigenvalue weighted by Gasteiger charge is 2.15. The smallest absolute Gasteiger partial charge is 0.269 e. The molecule has 0 spiro atoms. The molecule has 1 amide bonds. The van der Waals surface area contributed by atoms with Gasteiger partial charge in [-0.25, -0.2) is 4.98 Å². The fourth-order valence-corrected chi connectivity index (χ4v) is 2.24. The summed E-state index contributed by atoms with van der Waals surface area (Å²) >= 11 is 0. The number of pyridine rings is 1. The lowest BCUT2D eigenvalue weighted by atomic mass is 10.1. The molecule has 4 heteroatoms. The molecule has 0 atom stereocenters. The molecular formula is C17H22N2O2. The number of carbonyl (C=O) groups is 1. The molecule has 4 nitrogen and oxygen atoms in total. The summed E-state index contributed by atoms with van der Waals surface area (Å²) in [5, 5.41) is 12.2. The van der Waals surface area contributed by atoms with Crippen LogP contribution in [0.1, 0.15) is 55.6 Å². The molecular weight excluding hydrogens is 264 g/mol. The van der Waals surface area contributed by atoms with Crippen molar-refractivity contribution >= 4 is 5.91 Å². The summed E-state index contributed by atoms with van der Waals surface area (Å²) in [6, 6.07) is 3.48. The summed E-state index contributed by atoms with van der Waals surface area (Å²) in [6.45, 7) is 3.47. The van der Waals surface area contributed by atoms with Gasteiger partial charge in [-0.1, -0.05) is 24.7 Å². The van der Waals surface area contributed by atoms with Gasteiger partial charge in [-0.3, -0.25) is 4.79 Å². The van der Waals surface area contributed by atoms with Gasteiger partial charge in [-0.2, -0.15) is 0 Å². The van der Waals surface area contributed by atoms with Gasteiger partial charge in [0.1, 0.15) is 5.69 Å². The topological polar surface area (TPSA) is 62.2 Å². The highest BCUT2D eigenvalue weighted by Crippen LogP contribution is 2.23. The summed E-state index contributed by atoms with van der Waals surface area (Å²) in [6.07, 6.45) is 6.56. The van der Waals surface area contributed by atoms with Gasteiger partial charge >= 0.3 is 0 Å². The molecule has 21 heavy (non-hydrogen) atoms. The van der Waals surface area contributed by atoms with Gasteiger partial charge in [0.2, 0.25) is 0 Å². The molecule has 1 aromatic rings. The van der Waals surface area contributed by atoms with E-state index < -0.39 is 5.60 Å². The Balaban J connectivity index is 1.93. The van der Waals surface area contributed by atoms with Crippen LogP contribution in [0.5, 0.6) is 0 Å². The highest BCUT2D eigenvalue weighted by molar-refractivity contribution is 5.92. The second kappa shape index (κ2) is 6.73. The Labute approximate surface area is 126 Å². The predicted molar refractivity (Wildman–Crippen MR) is 81.7 cm³/mol. The van der Waals surface area contributed by atoms with E-state index in [0.717, 1.165) is 5.56 Å². The van der Waals surface area contributed by atoms with E-state index in [0.29, 0.717) is 11.6 Å². The van der Waals surface area contributed by atoms with E-state index in [2.05, 4.69) is 22.1 Å². The zero-order valence-corrected chi connectivity index (χ0v) is 12.6. The van der Waals surface area contributed by atoms with E-state index >= 15 is 0 Å². The normalized spacial score (nSPS) is 15.4. The summed E-state index contributed by atoms with van der Waals surface area (Å²) in [4.78, 5) is 16.0. The number of aromatic nitrogens is 1. The molecule has 0 unspecified atom stereocenters. The number of hydrogen-bond donors (Lipinski definition) is 2. The van der Waals surface area contributed by atoms with Gasteiger partial charge in [0, 0.05) is 24.2 Å². The van der Waals surface area contributed by atoms with E-state index in [-0.39, 0.29) is 12.5 Å². The first-order valence-corrected chi connectivity index (χ1v) is 7.42. The molecule has 0 aliphatic heterocycles. The van der Waals surface area contributed by atoms with Crippen LogP contribution in [0.2, 0.25) is 0 Å². The first kappa shape index (κ1) is 15.5. The molecule has 1 heterocycles. The van der Waals surface area contributed by atoms with E-state index in [1.807, 2.05) is 6.07 Å². The van der Waals surface area contributed by atoms with Gasteiger partial charge < -0.3 is 10.4 Å². The molecule has 2 N–H and O–H groups in total. The lowest BCUT2D eigenvalue weighted by molar-refractivity contribution is 0.0692. The van der Waals surface area contributed by atoms with Crippen LogP contribution in [0.3, 0.4) is 0 Å². The van der Waals surface area contributed by atoms with E-state index in [1.165, 1.54) is 25.7 Å². The molecule has 2 rings (SSSR count). The number of nitrogens with zero attached hydrogens (tertiary/aromatic N) is 1. The third kappa shape index (κ3) is 5.20. The molecule has 0 aromatic carbocycles. The monoisotopic (exact) mass is 286 g/mol. The molecule has 1 aromatic heterocycles. The molecule has 0 bridgehead atoms. The van der Waals surface area contributed by atoms with E-state index in [9.17, 15) is 9.90 Å². The SMILES string of the molecule is CC(C)(O)CNC(=O)c1ccc(C#CC2CCCC2)cn1. The lowest BCUT2D eigenvalue weighted by Gasteiger charge is -2.17. The Kier molecular flexibility index (Phi) is 4.98.